The van der Waals surface area contributed by atoms with Crippen LogP contribution in [0.2, 0.25) is 10.0 Å². The highest BCUT2D eigenvalue weighted by Crippen LogP contribution is 2.24. The normalized spacial score (nSPS) is 18.1. The molecule has 1 N–H and O–H groups in total. The molecule has 25 heavy (non-hydrogen) atoms. The first-order valence-electron chi connectivity index (χ1n) is 8.55. The SMILES string of the molecule is Cc1ccc(NC(=O)C2CCCN(Cc3ccccc3Cl)C2)cc1Cl. The van der Waals surface area contributed by atoms with Crippen molar-refractivity contribution in [3.8, 4) is 0 Å². The van der Waals surface area contributed by atoms with E-state index in [-0.39, 0.29) is 11.8 Å². The zero-order valence-corrected chi connectivity index (χ0v) is 15.8. The standard InChI is InChI=1S/C20H22Cl2N2O/c1-14-8-9-17(11-19(14)22)23-20(25)16-6-4-10-24(13-16)12-15-5-2-3-7-18(15)21/h2-3,5,7-9,11,16H,4,6,10,12-13H2,1H3,(H,23,25). The van der Waals surface area contributed by atoms with Crippen molar-refractivity contribution in [2.75, 3.05) is 18.4 Å². The van der Waals surface area contributed by atoms with Crippen LogP contribution in [0.15, 0.2) is 42.5 Å². The summed E-state index contributed by atoms with van der Waals surface area (Å²) in [6.45, 7) is 4.46. The lowest BCUT2D eigenvalue weighted by molar-refractivity contribution is -0.121. The lowest BCUT2D eigenvalue weighted by Crippen LogP contribution is -2.40. The molecule has 1 unspecified atom stereocenters. The van der Waals surface area contributed by atoms with Gasteiger partial charge in [0.25, 0.3) is 0 Å². The average molecular weight is 377 g/mol. The first-order chi connectivity index (χ1) is 12.0. The predicted molar refractivity (Wildman–Crippen MR) is 104 cm³/mol. The average Bonchev–Trinajstić information content (AvgIpc) is 2.60. The highest BCUT2D eigenvalue weighted by molar-refractivity contribution is 6.31. The largest absolute Gasteiger partial charge is 0.326 e. The number of hydrogen-bond donors (Lipinski definition) is 1. The molecule has 1 aliphatic heterocycles. The predicted octanol–water partition coefficient (Wildman–Crippen LogP) is 5.15. The number of benzene rings is 2. The minimum atomic E-state index is -0.0173. The number of rotatable bonds is 4. The van der Waals surface area contributed by atoms with Gasteiger partial charge in [-0.3, -0.25) is 9.69 Å². The third-order valence-electron chi connectivity index (χ3n) is 4.67. The van der Waals surface area contributed by atoms with Crippen LogP contribution in [-0.4, -0.2) is 23.9 Å². The molecule has 1 aliphatic rings. The number of likely N-dealkylation sites (tertiary alicyclic amines) is 1. The molecule has 0 spiro atoms. The zero-order chi connectivity index (χ0) is 17.8. The fourth-order valence-corrected chi connectivity index (χ4v) is 3.57. The van der Waals surface area contributed by atoms with Gasteiger partial charge in [-0.15, -0.1) is 0 Å². The van der Waals surface area contributed by atoms with Gasteiger partial charge in [0.05, 0.1) is 5.92 Å². The third kappa shape index (κ3) is 4.75. The Morgan fingerprint density at radius 1 is 1.20 bits per heavy atom. The first kappa shape index (κ1) is 18.2. The minimum absolute atomic E-state index is 0.0173. The molecule has 3 nitrogen and oxygen atoms in total. The monoisotopic (exact) mass is 376 g/mol. The van der Waals surface area contributed by atoms with Crippen molar-refractivity contribution < 1.29 is 4.79 Å². The third-order valence-corrected chi connectivity index (χ3v) is 5.44. The minimum Gasteiger partial charge on any atom is -0.326 e. The maximum atomic E-state index is 12.6. The quantitative estimate of drug-likeness (QED) is 0.799. The van der Waals surface area contributed by atoms with Gasteiger partial charge in [-0.2, -0.15) is 0 Å². The van der Waals surface area contributed by atoms with E-state index in [0.29, 0.717) is 5.02 Å². The summed E-state index contributed by atoms with van der Waals surface area (Å²) in [5.41, 5.74) is 2.86. The van der Waals surface area contributed by atoms with Crippen LogP contribution in [0.1, 0.15) is 24.0 Å². The second-order valence-corrected chi connectivity index (χ2v) is 7.43. The van der Waals surface area contributed by atoms with Crippen molar-refractivity contribution in [1.29, 1.82) is 0 Å². The Morgan fingerprint density at radius 3 is 2.76 bits per heavy atom. The van der Waals surface area contributed by atoms with Gasteiger partial charge in [0.1, 0.15) is 0 Å². The number of carbonyl (C=O) groups excluding carboxylic acids is 1. The van der Waals surface area contributed by atoms with E-state index >= 15 is 0 Å². The Kier molecular flexibility index (Phi) is 6.00. The van der Waals surface area contributed by atoms with Gasteiger partial charge in [0.15, 0.2) is 0 Å². The van der Waals surface area contributed by atoms with E-state index in [1.165, 1.54) is 0 Å². The molecule has 2 aromatic rings. The number of amides is 1. The van der Waals surface area contributed by atoms with Gasteiger partial charge >= 0.3 is 0 Å². The maximum absolute atomic E-state index is 12.6. The summed E-state index contributed by atoms with van der Waals surface area (Å²) < 4.78 is 0. The zero-order valence-electron chi connectivity index (χ0n) is 14.3. The lowest BCUT2D eigenvalue weighted by Gasteiger charge is -2.32. The molecule has 5 heteroatoms. The van der Waals surface area contributed by atoms with Crippen LogP contribution in [-0.2, 0) is 11.3 Å². The second-order valence-electron chi connectivity index (χ2n) is 6.62. The Bertz CT molecular complexity index is 763. The molecule has 3 rings (SSSR count). The molecule has 1 heterocycles. The summed E-state index contributed by atoms with van der Waals surface area (Å²) in [5, 5.41) is 4.45. The van der Waals surface area contributed by atoms with Crippen molar-refractivity contribution in [2.45, 2.75) is 26.3 Å². The van der Waals surface area contributed by atoms with E-state index in [4.69, 9.17) is 23.2 Å². The number of nitrogens with zero attached hydrogens (tertiary/aromatic N) is 1. The number of piperidine rings is 1. The highest BCUT2D eigenvalue weighted by atomic mass is 35.5. The van der Waals surface area contributed by atoms with Crippen molar-refractivity contribution in [3.63, 3.8) is 0 Å². The van der Waals surface area contributed by atoms with Crippen molar-refractivity contribution >= 4 is 34.8 Å². The van der Waals surface area contributed by atoms with E-state index in [1.54, 1.807) is 6.07 Å². The van der Waals surface area contributed by atoms with Crippen LogP contribution in [0.4, 0.5) is 5.69 Å². The van der Waals surface area contributed by atoms with Gasteiger partial charge in [-0.05, 0) is 55.6 Å². The Hall–Kier alpha value is -1.55. The van der Waals surface area contributed by atoms with E-state index in [9.17, 15) is 4.79 Å². The number of carbonyl (C=O) groups is 1. The molecule has 1 saturated heterocycles. The second kappa shape index (κ2) is 8.22. The number of nitrogens with one attached hydrogen (secondary N) is 1. The Labute approximate surface area is 158 Å². The molecular weight excluding hydrogens is 355 g/mol. The maximum Gasteiger partial charge on any atom is 0.228 e. The number of hydrogen-bond acceptors (Lipinski definition) is 2. The Balaban J connectivity index is 1.61. The molecule has 2 aromatic carbocycles. The topological polar surface area (TPSA) is 32.3 Å². The lowest BCUT2D eigenvalue weighted by atomic mass is 9.96. The van der Waals surface area contributed by atoms with Crippen LogP contribution >= 0.6 is 23.2 Å². The summed E-state index contributed by atoms with van der Waals surface area (Å²) in [6.07, 6.45) is 1.92. The molecular formula is C20H22Cl2N2O. The van der Waals surface area contributed by atoms with Crippen LogP contribution in [0.5, 0.6) is 0 Å². The number of anilines is 1. The molecule has 0 radical (unpaired) electrons. The van der Waals surface area contributed by atoms with E-state index in [0.717, 1.165) is 54.3 Å². The Morgan fingerprint density at radius 2 is 2.00 bits per heavy atom. The van der Waals surface area contributed by atoms with E-state index in [1.807, 2.05) is 43.3 Å². The molecule has 0 bridgehead atoms. The summed E-state index contributed by atoms with van der Waals surface area (Å²) in [6, 6.07) is 13.5. The summed E-state index contributed by atoms with van der Waals surface area (Å²) in [7, 11) is 0. The number of aryl methyl sites for hydroxylation is 1. The van der Waals surface area contributed by atoms with Crippen LogP contribution < -0.4 is 5.32 Å². The van der Waals surface area contributed by atoms with Gasteiger partial charge < -0.3 is 5.32 Å². The summed E-state index contributed by atoms with van der Waals surface area (Å²) in [5.74, 6) is 0.0418. The van der Waals surface area contributed by atoms with Crippen LogP contribution in [0.3, 0.4) is 0 Å². The van der Waals surface area contributed by atoms with Crippen LogP contribution in [0.25, 0.3) is 0 Å². The van der Waals surface area contributed by atoms with Gasteiger partial charge in [0.2, 0.25) is 5.91 Å². The van der Waals surface area contributed by atoms with Gasteiger partial charge in [0, 0.05) is 28.8 Å². The number of halogens is 2. The van der Waals surface area contributed by atoms with Gasteiger partial charge in [-0.25, -0.2) is 0 Å². The molecule has 1 amide bonds. The highest BCUT2D eigenvalue weighted by Gasteiger charge is 2.26. The molecule has 132 valence electrons. The summed E-state index contributed by atoms with van der Waals surface area (Å²) >= 11 is 12.4. The molecule has 1 fully saturated rings. The fourth-order valence-electron chi connectivity index (χ4n) is 3.20. The smallest absolute Gasteiger partial charge is 0.228 e. The van der Waals surface area contributed by atoms with E-state index < -0.39 is 0 Å². The summed E-state index contributed by atoms with van der Waals surface area (Å²) in [4.78, 5) is 14.9. The van der Waals surface area contributed by atoms with Crippen molar-refractivity contribution in [1.82, 2.24) is 4.90 Å². The van der Waals surface area contributed by atoms with Crippen molar-refractivity contribution in [2.24, 2.45) is 5.92 Å². The van der Waals surface area contributed by atoms with Crippen LogP contribution in [0, 0.1) is 12.8 Å². The molecule has 0 saturated carbocycles. The van der Waals surface area contributed by atoms with E-state index in [2.05, 4.69) is 10.2 Å². The molecule has 0 aromatic heterocycles. The first-order valence-corrected chi connectivity index (χ1v) is 9.31. The molecule has 0 aliphatic carbocycles. The van der Waals surface area contributed by atoms with Crippen molar-refractivity contribution in [3.05, 3.63) is 63.6 Å². The van der Waals surface area contributed by atoms with Gasteiger partial charge in [-0.1, -0.05) is 47.5 Å². The fraction of sp³-hybridized carbons (Fsp3) is 0.350. The molecule has 1 atom stereocenters.